The van der Waals surface area contributed by atoms with Gasteiger partial charge in [-0.25, -0.2) is 0 Å². The van der Waals surface area contributed by atoms with Crippen molar-refractivity contribution in [3.8, 4) is 0 Å². The summed E-state index contributed by atoms with van der Waals surface area (Å²) in [6.07, 6.45) is 4.73. The zero-order chi connectivity index (χ0) is 8.53. The van der Waals surface area contributed by atoms with Crippen molar-refractivity contribution in [1.82, 2.24) is 0 Å². The predicted octanol–water partition coefficient (Wildman–Crippen LogP) is 3.61. The van der Waals surface area contributed by atoms with Gasteiger partial charge >= 0.3 is 81.4 Å². The van der Waals surface area contributed by atoms with Gasteiger partial charge in [-0.1, -0.05) is 0 Å². The van der Waals surface area contributed by atoms with Crippen LogP contribution < -0.4 is 0 Å². The topological polar surface area (TPSA) is 21.6 Å². The van der Waals surface area contributed by atoms with E-state index in [0.29, 0.717) is 6.61 Å². The van der Waals surface area contributed by atoms with Crippen LogP contribution in [0.3, 0.4) is 0 Å². The van der Waals surface area contributed by atoms with Crippen molar-refractivity contribution in [2.75, 3.05) is 6.61 Å². The summed E-state index contributed by atoms with van der Waals surface area (Å²) < 4.78 is 3.57. The molecule has 0 heterocycles. The summed E-state index contributed by atoms with van der Waals surface area (Å²) in [5, 5.41) is 0. The Kier molecular flexibility index (Phi) is 9.92. The molecule has 0 saturated heterocycles. The molecule has 0 aromatic rings. The zero-order valence-electron chi connectivity index (χ0n) is 6.46. The van der Waals surface area contributed by atoms with Crippen molar-refractivity contribution in [1.29, 1.82) is 0 Å². The third kappa shape index (κ3) is 11.0. The normalized spacial score (nSPS) is 11.4. The van der Waals surface area contributed by atoms with Gasteiger partial charge in [-0.15, -0.1) is 0 Å². The van der Waals surface area contributed by atoms with Crippen LogP contribution in [0.25, 0.3) is 0 Å². The van der Waals surface area contributed by atoms with Crippen molar-refractivity contribution in [3.63, 3.8) is 0 Å². The van der Waals surface area contributed by atoms with E-state index in [1.54, 1.807) is 0 Å². The van der Waals surface area contributed by atoms with Gasteiger partial charge in [0.1, 0.15) is 0 Å². The number of hydrogen-bond acceptors (Lipinski definition) is 2. The molecule has 0 aliphatic carbocycles. The van der Waals surface area contributed by atoms with Crippen LogP contribution >= 0.6 is 19.1 Å². The van der Waals surface area contributed by atoms with E-state index < -0.39 is 14.5 Å². The summed E-state index contributed by atoms with van der Waals surface area (Å²) in [5.74, 6) is 0. The summed E-state index contributed by atoms with van der Waals surface area (Å²) in [4.78, 5) is 4.85. The third-order valence-corrected chi connectivity index (χ3v) is 2.11. The molecule has 72 valence electrons. The Morgan fingerprint density at radius 3 is 2.55 bits per heavy atom. The van der Waals surface area contributed by atoms with Crippen LogP contribution in [0.4, 0.5) is 0 Å². The average Bonchev–Trinajstić information content (AvgIpc) is 1.96. The van der Waals surface area contributed by atoms with Gasteiger partial charge in [0.2, 0.25) is 0 Å². The fraction of sp³-hybridized carbons (Fsp3) is 1.00. The van der Waals surface area contributed by atoms with Crippen LogP contribution in [0.5, 0.6) is 0 Å². The molecular formula is C6H13Cl2NOPd. The maximum absolute atomic E-state index is 5.41. The van der Waals surface area contributed by atoms with E-state index in [1.807, 2.05) is 0 Å². The second kappa shape index (κ2) is 9.09. The Hall–Kier alpha value is 1.00. The van der Waals surface area contributed by atoms with Gasteiger partial charge < -0.3 is 0 Å². The minimum atomic E-state index is -1.70. The van der Waals surface area contributed by atoms with E-state index in [9.17, 15) is 0 Å². The SMILES string of the molecule is CCCCCCO[N]=[Pd]([Cl])[Cl]. The molecule has 0 rings (SSSR count). The van der Waals surface area contributed by atoms with Crippen LogP contribution in [0, 0.1) is 0 Å². The third-order valence-electron chi connectivity index (χ3n) is 1.17. The number of rotatable bonds is 6. The van der Waals surface area contributed by atoms with Gasteiger partial charge in [0.25, 0.3) is 0 Å². The summed E-state index contributed by atoms with van der Waals surface area (Å²) in [7, 11) is 10.8. The quantitative estimate of drug-likeness (QED) is 0.416. The van der Waals surface area contributed by atoms with Gasteiger partial charge in [0, 0.05) is 0 Å². The van der Waals surface area contributed by atoms with Gasteiger partial charge in [-0.2, -0.15) is 0 Å². The predicted molar refractivity (Wildman–Crippen MR) is 44.2 cm³/mol. The van der Waals surface area contributed by atoms with Crippen molar-refractivity contribution in [3.05, 3.63) is 0 Å². The van der Waals surface area contributed by atoms with E-state index in [0.717, 1.165) is 6.42 Å². The Balaban J connectivity index is 2.97. The van der Waals surface area contributed by atoms with E-state index in [2.05, 4.69) is 10.7 Å². The summed E-state index contributed by atoms with van der Waals surface area (Å²) in [5.41, 5.74) is 0. The second-order valence-corrected chi connectivity index (χ2v) is 6.54. The van der Waals surface area contributed by atoms with Crippen LogP contribution in [0.1, 0.15) is 32.6 Å². The molecule has 0 aromatic carbocycles. The van der Waals surface area contributed by atoms with Crippen LogP contribution in [-0.4, -0.2) is 6.61 Å². The molecule has 0 amide bonds. The second-order valence-electron chi connectivity index (χ2n) is 2.10. The number of hydrogen-bond donors (Lipinski definition) is 0. The average molecular weight is 293 g/mol. The minimum absolute atomic E-state index is 0.650. The standard InChI is InChI=1S/C6H13NO.2ClH.Pd/c1-2-3-4-5-6-8-7;;;/h2-6H2,1H3;2*1H;/q;;;+2/p-2. The van der Waals surface area contributed by atoms with Crippen molar-refractivity contribution >= 4 is 19.1 Å². The maximum atomic E-state index is 5.41. The summed E-state index contributed by atoms with van der Waals surface area (Å²) in [6, 6.07) is 0. The number of nitrogens with zero attached hydrogens (tertiary/aromatic N) is 1. The summed E-state index contributed by atoms with van der Waals surface area (Å²) >= 11 is -1.70. The molecular weight excluding hydrogens is 279 g/mol. The van der Waals surface area contributed by atoms with E-state index >= 15 is 0 Å². The van der Waals surface area contributed by atoms with Crippen LogP contribution in [0.15, 0.2) is 3.73 Å². The molecule has 0 bridgehead atoms. The molecule has 11 heavy (non-hydrogen) atoms. The molecule has 0 radical (unpaired) electrons. The first kappa shape index (κ1) is 12.0. The van der Waals surface area contributed by atoms with E-state index in [1.165, 1.54) is 19.3 Å². The number of halogens is 2. The molecule has 0 atom stereocenters. The van der Waals surface area contributed by atoms with Crippen LogP contribution in [0.2, 0.25) is 0 Å². The number of unbranched alkanes of at least 4 members (excludes halogenated alkanes) is 3. The first-order chi connectivity index (χ1) is 5.27. The van der Waals surface area contributed by atoms with Gasteiger partial charge in [0.05, 0.1) is 0 Å². The van der Waals surface area contributed by atoms with Gasteiger partial charge in [0.15, 0.2) is 0 Å². The van der Waals surface area contributed by atoms with Gasteiger partial charge in [-0.05, 0) is 0 Å². The molecule has 0 spiro atoms. The Morgan fingerprint density at radius 1 is 1.27 bits per heavy atom. The first-order valence-corrected chi connectivity index (χ1v) is 8.26. The molecule has 0 unspecified atom stereocenters. The Labute approximate surface area is 81.2 Å². The summed E-state index contributed by atoms with van der Waals surface area (Å²) in [6.45, 7) is 2.82. The molecule has 0 aliphatic rings. The fourth-order valence-corrected chi connectivity index (χ4v) is 1.31. The van der Waals surface area contributed by atoms with Crippen molar-refractivity contribution < 1.29 is 19.4 Å². The molecule has 2 nitrogen and oxygen atoms in total. The Morgan fingerprint density at radius 2 is 2.00 bits per heavy atom. The molecule has 0 fully saturated rings. The fourth-order valence-electron chi connectivity index (χ4n) is 0.653. The molecule has 0 aromatic heterocycles. The Bertz CT molecular complexity index is 117. The molecule has 0 N–H and O–H groups in total. The van der Waals surface area contributed by atoms with Crippen molar-refractivity contribution in [2.24, 2.45) is 3.73 Å². The van der Waals surface area contributed by atoms with Crippen molar-refractivity contribution in [2.45, 2.75) is 32.6 Å². The first-order valence-electron chi connectivity index (χ1n) is 3.56. The van der Waals surface area contributed by atoms with E-state index in [-0.39, 0.29) is 0 Å². The van der Waals surface area contributed by atoms with Gasteiger partial charge in [-0.3, -0.25) is 0 Å². The van der Waals surface area contributed by atoms with Crippen LogP contribution in [-0.2, 0) is 19.4 Å². The molecule has 5 heteroatoms. The zero-order valence-corrected chi connectivity index (χ0v) is 9.53. The van der Waals surface area contributed by atoms with E-state index in [4.69, 9.17) is 23.9 Å². The molecule has 0 aliphatic heterocycles. The monoisotopic (exact) mass is 291 g/mol. The molecule has 0 saturated carbocycles.